The molecule has 4 aliphatic carbocycles. The Bertz CT molecular complexity index is 1260. The third kappa shape index (κ3) is 7.15. The van der Waals surface area contributed by atoms with Crippen molar-refractivity contribution in [2.24, 2.45) is 22.7 Å². The Morgan fingerprint density at radius 3 is 2.07 bits per heavy atom. The van der Waals surface area contributed by atoms with E-state index < -0.39 is 22.2 Å². The van der Waals surface area contributed by atoms with Gasteiger partial charge in [0.2, 0.25) is 0 Å². The van der Waals surface area contributed by atoms with Crippen LogP contribution in [0.15, 0.2) is 34.9 Å². The van der Waals surface area contributed by atoms with Crippen molar-refractivity contribution in [2.45, 2.75) is 175 Å². The highest BCUT2D eigenvalue weighted by molar-refractivity contribution is 6.74. The molecule has 262 valence electrons. The van der Waals surface area contributed by atoms with Crippen molar-refractivity contribution in [3.8, 4) is 0 Å². The van der Waals surface area contributed by atoms with E-state index >= 15 is 0 Å². The average Bonchev–Trinajstić information content (AvgIpc) is 3.22. The summed E-state index contributed by atoms with van der Waals surface area (Å²) in [7, 11) is -3.99. The van der Waals surface area contributed by atoms with Gasteiger partial charge in [0.25, 0.3) is 0 Å². The van der Waals surface area contributed by atoms with Gasteiger partial charge in [0.15, 0.2) is 16.6 Å². The minimum atomic E-state index is -2.05. The van der Waals surface area contributed by atoms with E-state index in [1.165, 1.54) is 11.1 Å². The number of esters is 1. The minimum absolute atomic E-state index is 0.0173. The smallest absolute Gasteiger partial charge is 0.332 e. The van der Waals surface area contributed by atoms with Crippen LogP contribution in [0, 0.1) is 22.7 Å². The predicted octanol–water partition coefficient (Wildman–Crippen LogP) is 10.5. The number of carbonyl (C=O) groups is 1. The summed E-state index contributed by atoms with van der Waals surface area (Å²) in [6.07, 6.45) is 12.8. The molecule has 7 atom stereocenters. The first kappa shape index (κ1) is 37.8. The SMILES string of the molecule is CC(OCC(=O)OC(C)(C)C)C1=CC[C@H]2C3=CC=C4CC(O[Si](C)(C)C(C)(C)C)CC(O[Si](C)(C)C(C)(C)C)[C@]4(C)[C@H]3CC[C@]12C. The molecule has 4 rings (SSSR count). The van der Waals surface area contributed by atoms with E-state index in [2.05, 4.69) is 107 Å². The van der Waals surface area contributed by atoms with Crippen LogP contribution in [0.5, 0.6) is 0 Å². The molecule has 0 amide bonds. The number of carbonyl (C=O) groups excluding carboxylic acids is 1. The van der Waals surface area contributed by atoms with Crippen LogP contribution in [0.3, 0.4) is 0 Å². The Labute approximate surface area is 284 Å². The molecule has 0 heterocycles. The summed E-state index contributed by atoms with van der Waals surface area (Å²) in [4.78, 5) is 12.4. The summed E-state index contributed by atoms with van der Waals surface area (Å²) in [6, 6.07) is 0. The van der Waals surface area contributed by atoms with Crippen molar-refractivity contribution in [1.82, 2.24) is 0 Å². The van der Waals surface area contributed by atoms with E-state index in [4.69, 9.17) is 18.3 Å². The summed E-state index contributed by atoms with van der Waals surface area (Å²) in [5, 5.41) is 0.310. The van der Waals surface area contributed by atoms with Crippen LogP contribution >= 0.6 is 0 Å². The number of fused-ring (bicyclic) bond motifs is 5. The van der Waals surface area contributed by atoms with Gasteiger partial charge in [-0.05, 0) is 119 Å². The molecule has 4 aliphatic rings. The van der Waals surface area contributed by atoms with Crippen LogP contribution in [-0.2, 0) is 23.1 Å². The van der Waals surface area contributed by atoms with E-state index in [1.807, 2.05) is 20.8 Å². The summed E-state index contributed by atoms with van der Waals surface area (Å²) in [6.45, 7) is 36.5. The van der Waals surface area contributed by atoms with Crippen LogP contribution in [0.4, 0.5) is 0 Å². The molecule has 0 spiro atoms. The van der Waals surface area contributed by atoms with Crippen molar-refractivity contribution in [3.05, 3.63) is 34.9 Å². The molecule has 2 fully saturated rings. The Hall–Kier alpha value is -0.996. The van der Waals surface area contributed by atoms with Gasteiger partial charge in [0, 0.05) is 5.41 Å². The van der Waals surface area contributed by atoms with Gasteiger partial charge in [-0.1, -0.05) is 84.8 Å². The number of hydrogen-bond acceptors (Lipinski definition) is 5. The molecule has 0 aromatic heterocycles. The van der Waals surface area contributed by atoms with Crippen molar-refractivity contribution < 1.29 is 23.1 Å². The maximum absolute atomic E-state index is 12.4. The van der Waals surface area contributed by atoms with Gasteiger partial charge in [0.05, 0.1) is 18.3 Å². The van der Waals surface area contributed by atoms with E-state index in [0.29, 0.717) is 11.8 Å². The molecule has 0 bridgehead atoms. The first-order valence-corrected chi connectivity index (χ1v) is 23.9. The summed E-state index contributed by atoms with van der Waals surface area (Å²) < 4.78 is 26.3. The fourth-order valence-corrected chi connectivity index (χ4v) is 11.1. The summed E-state index contributed by atoms with van der Waals surface area (Å²) in [5.74, 6) is 0.600. The van der Waals surface area contributed by atoms with Crippen LogP contribution in [0.25, 0.3) is 0 Å². The monoisotopic (exact) mass is 672 g/mol. The standard InChI is InChI=1S/C39H68O5Si2/c1-26(41-25-34(40)42-35(2,3)4)30-19-20-31-29-18-17-27-23-28(43-45(13,14)36(5,6)7)24-33(44-46(15,16)37(8,9)10)39(27,12)32(29)21-22-38(30,31)11/h17-19,26,28,31-33H,20-25H2,1-16H3/t26?,28?,31-,32-,33?,38+,39-/m0/s1. The average molecular weight is 673 g/mol. The van der Waals surface area contributed by atoms with Gasteiger partial charge < -0.3 is 18.3 Å². The predicted molar refractivity (Wildman–Crippen MR) is 196 cm³/mol. The van der Waals surface area contributed by atoms with E-state index in [9.17, 15) is 4.79 Å². The first-order chi connectivity index (χ1) is 20.7. The normalized spacial score (nSPS) is 32.8. The Balaban J connectivity index is 1.63. The highest BCUT2D eigenvalue weighted by Gasteiger charge is 2.59. The molecule has 0 aromatic rings. The van der Waals surface area contributed by atoms with Crippen molar-refractivity contribution in [1.29, 1.82) is 0 Å². The molecule has 0 radical (unpaired) electrons. The van der Waals surface area contributed by atoms with Crippen LogP contribution < -0.4 is 0 Å². The summed E-state index contributed by atoms with van der Waals surface area (Å²) in [5.41, 5.74) is 3.94. The lowest BCUT2D eigenvalue weighted by Gasteiger charge is -2.59. The molecule has 46 heavy (non-hydrogen) atoms. The fourth-order valence-electron chi connectivity index (χ4n) is 8.30. The second-order valence-corrected chi connectivity index (χ2v) is 29.0. The molecule has 0 saturated heterocycles. The summed E-state index contributed by atoms with van der Waals surface area (Å²) >= 11 is 0. The highest BCUT2D eigenvalue weighted by Crippen LogP contribution is 2.65. The lowest BCUT2D eigenvalue weighted by atomic mass is 9.49. The first-order valence-electron chi connectivity index (χ1n) is 18.0. The lowest BCUT2D eigenvalue weighted by molar-refractivity contribution is -0.161. The third-order valence-electron chi connectivity index (χ3n) is 13.1. The van der Waals surface area contributed by atoms with Gasteiger partial charge in [-0.25, -0.2) is 4.79 Å². The largest absolute Gasteiger partial charge is 0.458 e. The molecule has 0 aliphatic heterocycles. The van der Waals surface area contributed by atoms with Crippen LogP contribution in [-0.4, -0.2) is 53.1 Å². The fraction of sp³-hybridized carbons (Fsp3) is 0.821. The molecule has 2 saturated carbocycles. The Morgan fingerprint density at radius 1 is 0.913 bits per heavy atom. The van der Waals surface area contributed by atoms with Gasteiger partial charge in [-0.3, -0.25) is 0 Å². The second kappa shape index (κ2) is 12.4. The minimum Gasteiger partial charge on any atom is -0.458 e. The number of rotatable bonds is 8. The van der Waals surface area contributed by atoms with Gasteiger partial charge >= 0.3 is 5.97 Å². The van der Waals surface area contributed by atoms with E-state index in [0.717, 1.165) is 32.1 Å². The Kier molecular flexibility index (Phi) is 10.2. The van der Waals surface area contributed by atoms with Gasteiger partial charge in [-0.15, -0.1) is 0 Å². The molecule has 3 unspecified atom stereocenters. The molecule has 5 nitrogen and oxygen atoms in total. The zero-order valence-electron chi connectivity index (χ0n) is 32.4. The van der Waals surface area contributed by atoms with Gasteiger partial charge in [-0.2, -0.15) is 0 Å². The topological polar surface area (TPSA) is 54.0 Å². The van der Waals surface area contributed by atoms with Crippen molar-refractivity contribution in [3.63, 3.8) is 0 Å². The number of hydrogen-bond donors (Lipinski definition) is 0. The quantitative estimate of drug-likeness (QED) is 0.146. The zero-order chi connectivity index (χ0) is 34.9. The van der Waals surface area contributed by atoms with Gasteiger partial charge in [0.1, 0.15) is 12.2 Å². The highest BCUT2D eigenvalue weighted by atomic mass is 28.4. The van der Waals surface area contributed by atoms with E-state index in [1.54, 1.807) is 5.57 Å². The molecular weight excluding hydrogens is 605 g/mol. The molecule has 0 N–H and O–H groups in total. The maximum Gasteiger partial charge on any atom is 0.332 e. The third-order valence-corrected chi connectivity index (χ3v) is 22.1. The molecule has 0 aromatic carbocycles. The van der Waals surface area contributed by atoms with Crippen LogP contribution in [0.2, 0.25) is 36.3 Å². The molecule has 7 heteroatoms. The number of ether oxygens (including phenoxy) is 2. The van der Waals surface area contributed by atoms with Crippen molar-refractivity contribution in [2.75, 3.05) is 6.61 Å². The van der Waals surface area contributed by atoms with E-state index in [-0.39, 0.29) is 51.8 Å². The number of allylic oxidation sites excluding steroid dienone is 4. The Morgan fingerprint density at radius 2 is 1.50 bits per heavy atom. The maximum atomic E-state index is 12.4. The zero-order valence-corrected chi connectivity index (χ0v) is 34.4. The second-order valence-electron chi connectivity index (χ2n) is 19.4. The molecular formula is C39H68O5Si2. The lowest BCUT2D eigenvalue weighted by Crippen LogP contribution is -2.58. The van der Waals surface area contributed by atoms with Crippen LogP contribution in [0.1, 0.15) is 115 Å². The van der Waals surface area contributed by atoms with Crippen molar-refractivity contribution >= 4 is 22.6 Å².